The van der Waals surface area contributed by atoms with Crippen LogP contribution < -0.4 is 5.32 Å². The maximum absolute atomic E-state index is 12.0. The van der Waals surface area contributed by atoms with E-state index in [1.807, 2.05) is 0 Å². The van der Waals surface area contributed by atoms with Crippen LogP contribution in [0, 0.1) is 0 Å². The highest BCUT2D eigenvalue weighted by atomic mass is 35.5. The molecule has 6 heteroatoms. The first-order chi connectivity index (χ1) is 10.1. The van der Waals surface area contributed by atoms with Crippen LogP contribution in [0.3, 0.4) is 0 Å². The molecule has 1 aliphatic carbocycles. The quantitative estimate of drug-likeness (QED) is 0.807. The summed E-state index contributed by atoms with van der Waals surface area (Å²) in [5.74, 6) is -0.118. The Bertz CT molecular complexity index is 472. The number of anilines is 1. The molecule has 4 nitrogen and oxygen atoms in total. The topological polar surface area (TPSA) is 52.6 Å². The summed E-state index contributed by atoms with van der Waals surface area (Å²) in [6.45, 7) is 1.37. The third-order valence-corrected chi connectivity index (χ3v) is 4.46. The Labute approximate surface area is 135 Å². The second kappa shape index (κ2) is 7.99. The maximum atomic E-state index is 12.0. The van der Waals surface area contributed by atoms with E-state index in [1.54, 1.807) is 18.2 Å². The molecule has 0 radical (unpaired) electrons. The van der Waals surface area contributed by atoms with Crippen molar-refractivity contribution >= 4 is 34.8 Å². The number of para-hydroxylation sites is 1. The predicted octanol–water partition coefficient (Wildman–Crippen LogP) is 3.17. The zero-order valence-corrected chi connectivity index (χ0v) is 13.3. The van der Waals surface area contributed by atoms with Crippen molar-refractivity contribution in [3.8, 4) is 0 Å². The Morgan fingerprint density at radius 1 is 1.29 bits per heavy atom. The molecule has 0 atom stereocenters. The highest BCUT2D eigenvalue weighted by Gasteiger charge is 2.24. The molecule has 1 fully saturated rings. The number of aliphatic hydroxyl groups is 1. The van der Waals surface area contributed by atoms with Crippen LogP contribution in [0.4, 0.5) is 5.69 Å². The molecule has 1 aromatic rings. The fraction of sp³-hybridized carbons (Fsp3) is 0.533. The summed E-state index contributed by atoms with van der Waals surface area (Å²) in [6.07, 6.45) is 3.89. The van der Waals surface area contributed by atoms with Gasteiger partial charge in [-0.25, -0.2) is 0 Å². The van der Waals surface area contributed by atoms with Gasteiger partial charge in [-0.05, 0) is 25.0 Å². The van der Waals surface area contributed by atoms with E-state index in [2.05, 4.69) is 10.2 Å². The van der Waals surface area contributed by atoms with Gasteiger partial charge in [0.05, 0.1) is 22.3 Å². The summed E-state index contributed by atoms with van der Waals surface area (Å²) in [4.78, 5) is 14.2. The molecule has 21 heavy (non-hydrogen) atoms. The number of rotatable bonds is 7. The number of nitrogens with zero attached hydrogens (tertiary/aromatic N) is 1. The molecule has 1 aliphatic rings. The van der Waals surface area contributed by atoms with Crippen molar-refractivity contribution in [3.05, 3.63) is 28.2 Å². The largest absolute Gasteiger partial charge is 0.395 e. The van der Waals surface area contributed by atoms with Crippen LogP contribution in [-0.2, 0) is 4.79 Å². The molecule has 0 unspecified atom stereocenters. The Hall–Kier alpha value is -0.810. The average molecular weight is 331 g/mol. The van der Waals surface area contributed by atoms with E-state index in [4.69, 9.17) is 28.3 Å². The normalized spacial score (nSPS) is 15.0. The Morgan fingerprint density at radius 3 is 2.48 bits per heavy atom. The fourth-order valence-electron chi connectivity index (χ4n) is 2.42. The number of aliphatic hydroxyl groups excluding tert-OH is 1. The number of nitrogens with one attached hydrogen (secondary N) is 1. The molecular weight excluding hydrogens is 311 g/mol. The van der Waals surface area contributed by atoms with Crippen molar-refractivity contribution in [2.75, 3.05) is 25.0 Å². The SMILES string of the molecule is O=C(CCN(CCO)C1CCC1)Nc1c(Cl)cccc1Cl. The molecule has 1 saturated carbocycles. The summed E-state index contributed by atoms with van der Waals surface area (Å²) in [5, 5.41) is 12.7. The molecular formula is C15H20Cl2N2O2. The molecule has 0 bridgehead atoms. The summed E-state index contributed by atoms with van der Waals surface area (Å²) in [6, 6.07) is 5.62. The van der Waals surface area contributed by atoms with Gasteiger partial charge >= 0.3 is 0 Å². The lowest BCUT2D eigenvalue weighted by Crippen LogP contribution is -2.43. The van der Waals surface area contributed by atoms with Crippen LogP contribution in [-0.4, -0.2) is 41.7 Å². The van der Waals surface area contributed by atoms with E-state index in [9.17, 15) is 4.79 Å². The van der Waals surface area contributed by atoms with E-state index in [0.29, 0.717) is 41.3 Å². The molecule has 0 aromatic heterocycles. The molecule has 116 valence electrons. The maximum Gasteiger partial charge on any atom is 0.225 e. The van der Waals surface area contributed by atoms with Crippen LogP contribution in [0.2, 0.25) is 10.0 Å². The number of amides is 1. The minimum absolute atomic E-state index is 0.118. The van der Waals surface area contributed by atoms with Gasteiger partial charge in [-0.3, -0.25) is 9.69 Å². The van der Waals surface area contributed by atoms with Crippen LogP contribution in [0.1, 0.15) is 25.7 Å². The fourth-order valence-corrected chi connectivity index (χ4v) is 2.91. The zero-order valence-electron chi connectivity index (χ0n) is 11.8. The van der Waals surface area contributed by atoms with Gasteiger partial charge in [-0.2, -0.15) is 0 Å². The first-order valence-corrected chi connectivity index (χ1v) is 7.96. The van der Waals surface area contributed by atoms with Gasteiger partial charge < -0.3 is 10.4 Å². The second-order valence-electron chi connectivity index (χ2n) is 5.24. The molecule has 0 heterocycles. The van der Waals surface area contributed by atoms with E-state index in [-0.39, 0.29) is 12.5 Å². The van der Waals surface area contributed by atoms with Crippen LogP contribution >= 0.6 is 23.2 Å². The van der Waals surface area contributed by atoms with Gasteiger partial charge in [0.25, 0.3) is 0 Å². The summed E-state index contributed by atoms with van der Waals surface area (Å²) in [7, 11) is 0. The first kappa shape index (κ1) is 16.6. The molecule has 2 rings (SSSR count). The number of carbonyl (C=O) groups excluding carboxylic acids is 1. The van der Waals surface area contributed by atoms with Gasteiger partial charge in [0.1, 0.15) is 0 Å². The lowest BCUT2D eigenvalue weighted by atomic mass is 9.91. The van der Waals surface area contributed by atoms with Gasteiger partial charge in [0, 0.05) is 25.6 Å². The third kappa shape index (κ3) is 4.58. The Kier molecular flexibility index (Phi) is 6.30. The lowest BCUT2D eigenvalue weighted by Gasteiger charge is -2.37. The second-order valence-corrected chi connectivity index (χ2v) is 6.05. The summed E-state index contributed by atoms with van der Waals surface area (Å²) < 4.78 is 0. The number of benzene rings is 1. The minimum atomic E-state index is -0.118. The molecule has 1 aromatic carbocycles. The van der Waals surface area contributed by atoms with E-state index in [1.165, 1.54) is 6.42 Å². The van der Waals surface area contributed by atoms with Crippen molar-refractivity contribution in [2.24, 2.45) is 0 Å². The molecule has 0 saturated heterocycles. The summed E-state index contributed by atoms with van der Waals surface area (Å²) >= 11 is 12.1. The molecule has 0 spiro atoms. The minimum Gasteiger partial charge on any atom is -0.395 e. The van der Waals surface area contributed by atoms with Crippen LogP contribution in [0.15, 0.2) is 18.2 Å². The number of hydrogen-bond donors (Lipinski definition) is 2. The third-order valence-electron chi connectivity index (χ3n) is 3.83. The van der Waals surface area contributed by atoms with Gasteiger partial charge in [-0.1, -0.05) is 35.7 Å². The lowest BCUT2D eigenvalue weighted by molar-refractivity contribution is -0.116. The standard InChI is InChI=1S/C15H20Cl2N2O2/c16-12-5-2-6-13(17)15(12)18-14(21)7-8-19(9-10-20)11-3-1-4-11/h2,5-6,11,20H,1,3-4,7-10H2,(H,18,21). The number of carbonyl (C=O) groups is 1. The Balaban J connectivity index is 1.86. The van der Waals surface area contributed by atoms with Gasteiger partial charge in [0.2, 0.25) is 5.91 Å². The number of hydrogen-bond acceptors (Lipinski definition) is 3. The molecule has 0 aliphatic heterocycles. The molecule has 1 amide bonds. The van der Waals surface area contributed by atoms with Gasteiger partial charge in [-0.15, -0.1) is 0 Å². The predicted molar refractivity (Wildman–Crippen MR) is 86.0 cm³/mol. The van der Waals surface area contributed by atoms with Crippen LogP contribution in [0.25, 0.3) is 0 Å². The van der Waals surface area contributed by atoms with Gasteiger partial charge in [0.15, 0.2) is 0 Å². The van der Waals surface area contributed by atoms with Crippen molar-refractivity contribution in [1.29, 1.82) is 0 Å². The smallest absolute Gasteiger partial charge is 0.225 e. The zero-order chi connectivity index (χ0) is 15.2. The highest BCUT2D eigenvalue weighted by Crippen LogP contribution is 2.30. The van der Waals surface area contributed by atoms with E-state index >= 15 is 0 Å². The average Bonchev–Trinajstić information content (AvgIpc) is 2.39. The first-order valence-electron chi connectivity index (χ1n) is 7.20. The number of halogens is 2. The monoisotopic (exact) mass is 330 g/mol. The highest BCUT2D eigenvalue weighted by molar-refractivity contribution is 6.39. The van der Waals surface area contributed by atoms with Crippen molar-refractivity contribution in [2.45, 2.75) is 31.7 Å². The van der Waals surface area contributed by atoms with Crippen molar-refractivity contribution in [1.82, 2.24) is 4.90 Å². The summed E-state index contributed by atoms with van der Waals surface area (Å²) in [5.41, 5.74) is 0.461. The Morgan fingerprint density at radius 2 is 1.95 bits per heavy atom. The van der Waals surface area contributed by atoms with E-state index < -0.39 is 0 Å². The van der Waals surface area contributed by atoms with Crippen molar-refractivity contribution in [3.63, 3.8) is 0 Å². The van der Waals surface area contributed by atoms with Crippen LogP contribution in [0.5, 0.6) is 0 Å². The molecule has 2 N–H and O–H groups in total. The van der Waals surface area contributed by atoms with Crippen molar-refractivity contribution < 1.29 is 9.90 Å². The van der Waals surface area contributed by atoms with E-state index in [0.717, 1.165) is 12.8 Å².